The molecule has 16 rings (SSSR count). The Morgan fingerprint density at radius 2 is 0.207 bits per heavy atom. The van der Waals surface area contributed by atoms with E-state index in [0.29, 0.717) is 0 Å². The van der Waals surface area contributed by atoms with Gasteiger partial charge in [0, 0.05) is 240 Å². The van der Waals surface area contributed by atoms with Gasteiger partial charge in [-0.3, -0.25) is 0 Å². The quantitative estimate of drug-likeness (QED) is 0.0435. The van der Waals surface area contributed by atoms with Gasteiger partial charge in [0.05, 0.1) is 0 Å². The van der Waals surface area contributed by atoms with Crippen LogP contribution in [0.15, 0.2) is 388 Å². The van der Waals surface area contributed by atoms with Gasteiger partial charge in [-0.05, 0) is 152 Å². The molecule has 0 radical (unpaired) electrons. The molecule has 0 heterocycles. The lowest BCUT2D eigenvalue weighted by molar-refractivity contribution is -0.353. The second-order valence-corrected chi connectivity index (χ2v) is 29.0. The fourth-order valence-corrected chi connectivity index (χ4v) is 12.2. The van der Waals surface area contributed by atoms with E-state index in [-0.39, 0.29) is 0 Å². The Labute approximate surface area is 682 Å². The number of nitrogens with one attached hydrogen (secondary N) is 12. The Morgan fingerprint density at radius 3 is 0.319 bits per heavy atom. The Morgan fingerprint density at radius 1 is 0.121 bits per heavy atom. The van der Waals surface area contributed by atoms with Crippen LogP contribution in [0.2, 0.25) is 0 Å². The monoisotopic (exact) mass is 1520 g/mol. The molecule has 0 unspecified atom stereocenters. The first kappa shape index (κ1) is 79.2. The summed E-state index contributed by atoms with van der Waals surface area (Å²) in [6, 6.07) is 100. The van der Waals surface area contributed by atoms with Gasteiger partial charge in [0.1, 0.15) is 0 Å². The van der Waals surface area contributed by atoms with Crippen LogP contribution in [0.1, 0.15) is 44.5 Å². The van der Waals surface area contributed by atoms with Gasteiger partial charge in [-0.25, -0.2) is 39.9 Å². The van der Waals surface area contributed by atoms with Gasteiger partial charge in [-0.2, -0.15) is 0 Å². The zero-order valence-electron chi connectivity index (χ0n) is 67.0. The Bertz CT molecular complexity index is 5060. The lowest BCUT2D eigenvalue weighted by Crippen LogP contribution is -2.68. The van der Waals surface area contributed by atoms with E-state index in [4.69, 9.17) is 0 Å². The van der Waals surface area contributed by atoms with E-state index in [0.717, 1.165) is 137 Å². The van der Waals surface area contributed by atoms with Crippen molar-refractivity contribution in [1.29, 1.82) is 0 Å². The molecule has 0 amide bonds. The van der Waals surface area contributed by atoms with Gasteiger partial charge in [0.15, 0.2) is 0 Å². The highest BCUT2D eigenvalue weighted by Crippen LogP contribution is 2.23. The standard InChI is InChI=1S/4C26H23N3/c4*1-19-3-7-21(8-4-19)27-23-11-15-25(16-12-23)29-26-17-13-24(14-18-26)28-22-9-5-20(2)6-10-22/h4*3-18,27H,1-2H3/p+8. The third kappa shape index (κ3) is 25.6. The van der Waals surface area contributed by atoms with Crippen LogP contribution in [0.3, 0.4) is 0 Å². The van der Waals surface area contributed by atoms with E-state index in [1.165, 1.54) is 44.5 Å². The Kier molecular flexibility index (Phi) is 27.2. The Hall–Kier alpha value is -14.9. The fraction of sp³-hybridized carbons (Fsp3) is 0.0769. The van der Waals surface area contributed by atoms with Crippen molar-refractivity contribution in [3.05, 3.63) is 433 Å². The van der Waals surface area contributed by atoms with Crippen molar-refractivity contribution in [3.8, 4) is 0 Å². The highest BCUT2D eigenvalue weighted by molar-refractivity contribution is 6.17. The molecule has 0 saturated heterocycles. The molecule has 116 heavy (non-hydrogen) atoms. The number of benzene rings is 12. The molecule has 12 N–H and O–H groups in total. The predicted molar refractivity (Wildman–Crippen MR) is 486 cm³/mol. The first-order valence-electron chi connectivity index (χ1n) is 39.1. The van der Waals surface area contributed by atoms with Crippen molar-refractivity contribution in [3.63, 3.8) is 0 Å². The van der Waals surface area contributed by atoms with E-state index in [2.05, 4.69) is 505 Å². The number of rotatable bonds is 16. The van der Waals surface area contributed by atoms with Crippen LogP contribution in [0, 0.1) is 55.4 Å². The second kappa shape index (κ2) is 39.8. The summed E-state index contributed by atoms with van der Waals surface area (Å²) in [6.45, 7) is 16.7. The zero-order valence-corrected chi connectivity index (χ0v) is 67.0. The minimum Gasteiger partial charge on any atom is -0.356 e. The minimum atomic E-state index is 1.05. The molecule has 568 valence electrons. The third-order valence-corrected chi connectivity index (χ3v) is 19.0. The summed E-state index contributed by atoms with van der Waals surface area (Å²) >= 11 is 0. The van der Waals surface area contributed by atoms with E-state index < -0.39 is 0 Å². The summed E-state index contributed by atoms with van der Waals surface area (Å²) < 4.78 is 0. The molecule has 4 aliphatic carbocycles. The molecule has 12 aromatic rings. The van der Waals surface area contributed by atoms with Crippen molar-refractivity contribution in [1.82, 2.24) is 0 Å². The van der Waals surface area contributed by atoms with Crippen LogP contribution in [0.4, 0.5) is 91.0 Å². The number of hydrogen-bond donors (Lipinski definition) is 12. The van der Waals surface area contributed by atoms with E-state index >= 15 is 0 Å². The van der Waals surface area contributed by atoms with Gasteiger partial charge in [-0.15, -0.1) is 0 Å². The van der Waals surface area contributed by atoms with Crippen LogP contribution in [0.25, 0.3) is 0 Å². The molecule has 0 spiro atoms. The minimum absolute atomic E-state index is 1.05. The average molecular weight is 1520 g/mol. The highest BCUT2D eigenvalue weighted by Gasteiger charge is 2.15. The SMILES string of the molecule is Cc1ccc(Nc2ccc([NH+]=C3C=CC(=[NH+]c4ccc(C)cc4)C=C3)cc2)cc1.Cc1ccc(Nc2ccc([NH+]=C3C=CC(=[NH+]c4ccc(C)cc4)C=C3)cc2)cc1.Cc1ccc(Nc2ccc([NH+]=C3C=CC(=[NH+]c4ccc(C)cc4)C=C3)cc2)cc1.Cc1ccc(Nc2ccc([NH+]=C3C=CC(=[NH+]c4ccc(C)cc4)C=C3)cc2)cc1. The second-order valence-electron chi connectivity index (χ2n) is 29.0. The summed E-state index contributed by atoms with van der Waals surface area (Å²) in [5.41, 5.74) is 35.8. The molecule has 0 bridgehead atoms. The number of aryl methyl sites for hydroxylation is 8. The van der Waals surface area contributed by atoms with Gasteiger partial charge in [0.2, 0.25) is 91.2 Å². The van der Waals surface area contributed by atoms with Gasteiger partial charge in [-0.1, -0.05) is 142 Å². The lowest BCUT2D eigenvalue weighted by atomic mass is 10.1. The number of allylic oxidation sites excluding steroid dienone is 16. The molecule has 0 aliphatic heterocycles. The molecule has 0 saturated carbocycles. The van der Waals surface area contributed by atoms with Crippen molar-refractivity contribution in [2.24, 2.45) is 0 Å². The largest absolute Gasteiger partial charge is 0.356 e. The van der Waals surface area contributed by atoms with Crippen molar-refractivity contribution >= 4 is 137 Å². The molecular formula is C104H100N12+8. The number of anilines is 8. The summed E-state index contributed by atoms with van der Waals surface area (Å²) in [4.78, 5) is 27.5. The summed E-state index contributed by atoms with van der Waals surface area (Å²) in [5, 5.41) is 13.7. The van der Waals surface area contributed by atoms with Crippen molar-refractivity contribution in [2.75, 3.05) is 21.3 Å². The normalized spacial score (nSPS) is 12.8. The molecule has 0 aromatic heterocycles. The van der Waals surface area contributed by atoms with Crippen molar-refractivity contribution < 1.29 is 39.9 Å². The predicted octanol–water partition coefficient (Wildman–Crippen LogP) is 12.7. The third-order valence-electron chi connectivity index (χ3n) is 19.0. The van der Waals surface area contributed by atoms with Crippen LogP contribution in [0.5, 0.6) is 0 Å². The van der Waals surface area contributed by atoms with E-state index in [1.54, 1.807) is 0 Å². The molecular weight excluding hydrogens is 1420 g/mol. The van der Waals surface area contributed by atoms with Crippen molar-refractivity contribution in [2.45, 2.75) is 55.4 Å². The van der Waals surface area contributed by atoms with Crippen LogP contribution < -0.4 is 61.2 Å². The highest BCUT2D eigenvalue weighted by atomic mass is 14.9. The van der Waals surface area contributed by atoms with Crippen LogP contribution in [-0.4, -0.2) is 45.7 Å². The molecule has 0 atom stereocenters. The maximum Gasteiger partial charge on any atom is 0.204 e. The van der Waals surface area contributed by atoms with Crippen LogP contribution >= 0.6 is 0 Å². The maximum atomic E-state index is 3.45. The fourth-order valence-electron chi connectivity index (χ4n) is 12.2. The summed E-state index contributed by atoms with van der Waals surface area (Å²) in [6.07, 6.45) is 33.3. The van der Waals surface area contributed by atoms with E-state index in [1.807, 2.05) is 0 Å². The molecule has 12 nitrogen and oxygen atoms in total. The van der Waals surface area contributed by atoms with Gasteiger partial charge in [0.25, 0.3) is 0 Å². The summed E-state index contributed by atoms with van der Waals surface area (Å²) in [5.74, 6) is 0. The zero-order chi connectivity index (χ0) is 80.2. The van der Waals surface area contributed by atoms with Gasteiger partial charge >= 0.3 is 0 Å². The first-order chi connectivity index (χ1) is 56.5. The molecule has 12 heteroatoms. The molecule has 12 aromatic carbocycles. The van der Waals surface area contributed by atoms with Crippen LogP contribution in [-0.2, 0) is 0 Å². The average Bonchev–Trinajstić information content (AvgIpc) is 0.869. The molecule has 0 fully saturated rings. The smallest absolute Gasteiger partial charge is 0.204 e. The summed E-state index contributed by atoms with van der Waals surface area (Å²) in [7, 11) is 0. The Balaban J connectivity index is 0.000000135. The first-order valence-corrected chi connectivity index (χ1v) is 39.1. The molecule has 4 aliphatic rings. The van der Waals surface area contributed by atoms with E-state index in [9.17, 15) is 0 Å². The maximum absolute atomic E-state index is 3.45. The topological polar surface area (TPSA) is 160 Å². The lowest BCUT2D eigenvalue weighted by Gasteiger charge is -2.06. The number of hydrogen-bond acceptors (Lipinski definition) is 4. The van der Waals surface area contributed by atoms with Gasteiger partial charge < -0.3 is 21.3 Å².